The second kappa shape index (κ2) is 9.04. The number of nitrogens with zero attached hydrogens (tertiary/aromatic N) is 2. The predicted molar refractivity (Wildman–Crippen MR) is 119 cm³/mol. The lowest BCUT2D eigenvalue weighted by Crippen LogP contribution is -2.41. The number of aromatic nitrogens is 1. The molecule has 0 radical (unpaired) electrons. The average molecular weight is 530 g/mol. The Bertz CT molecular complexity index is 1370. The lowest BCUT2D eigenvalue weighted by atomic mass is 10.1. The minimum absolute atomic E-state index is 0.0657. The molecule has 1 aliphatic heterocycles. The third-order valence-corrected chi connectivity index (χ3v) is 7.22. The summed E-state index contributed by atoms with van der Waals surface area (Å²) in [5.74, 6) is -1.19. The molecule has 12 nitrogen and oxygen atoms in total. The van der Waals surface area contributed by atoms with Crippen molar-refractivity contribution in [2.45, 2.75) is 11.8 Å². The number of sulfonamides is 1. The van der Waals surface area contributed by atoms with Crippen LogP contribution in [0.5, 0.6) is 17.2 Å². The third kappa shape index (κ3) is 3.99. The molecule has 0 fully saturated rings. The van der Waals surface area contributed by atoms with Crippen LogP contribution in [0.4, 0.5) is 16.4 Å². The zero-order chi connectivity index (χ0) is 24.6. The van der Waals surface area contributed by atoms with Crippen molar-refractivity contribution in [2.24, 2.45) is 0 Å². The molecule has 1 N–H and O–H groups in total. The number of rotatable bonds is 6. The van der Waals surface area contributed by atoms with Crippen LogP contribution in [-0.4, -0.2) is 46.6 Å². The van der Waals surface area contributed by atoms with E-state index in [-0.39, 0.29) is 56.8 Å². The van der Waals surface area contributed by atoms with E-state index in [0.717, 1.165) is 18.4 Å². The van der Waals surface area contributed by atoms with Gasteiger partial charge in [0, 0.05) is 11.4 Å². The molecule has 2 aromatic heterocycles. The molecule has 3 heterocycles. The lowest BCUT2D eigenvalue weighted by Gasteiger charge is -2.24. The summed E-state index contributed by atoms with van der Waals surface area (Å²) >= 11 is 7.43. The fourth-order valence-electron chi connectivity index (χ4n) is 3.08. The number of ether oxygens (including phenoxy) is 4. The van der Waals surface area contributed by atoms with Crippen molar-refractivity contribution in [1.82, 2.24) is 9.88 Å². The summed E-state index contributed by atoms with van der Waals surface area (Å²) in [7, 11) is -1.92. The molecule has 0 saturated carbocycles. The molecule has 4 rings (SSSR count). The zero-order valence-corrected chi connectivity index (χ0v) is 20.2. The molecule has 2 amide bonds. The van der Waals surface area contributed by atoms with E-state index in [9.17, 15) is 18.0 Å². The van der Waals surface area contributed by atoms with E-state index in [1.165, 1.54) is 36.9 Å². The lowest BCUT2D eigenvalue weighted by molar-refractivity contribution is 0.0601. The largest absolute Gasteiger partial charge is 0.491 e. The molecule has 180 valence electrons. The zero-order valence-electron chi connectivity index (χ0n) is 17.8. The first-order chi connectivity index (χ1) is 16.2. The standard InChI is InChI=1S/C19H16ClN3O9S2/c1-9-13(20)17(32-21-9)23(19(25)22-34(26,27)10-4-5-33-7-10)14-11(18(24)29-3)6-12-15(16(14)28-2)31-8-30-12/h4-7H,8H2,1-3H3,(H,22,25). The van der Waals surface area contributed by atoms with Crippen molar-refractivity contribution in [3.05, 3.63) is 39.2 Å². The van der Waals surface area contributed by atoms with Gasteiger partial charge >= 0.3 is 12.0 Å². The highest BCUT2D eigenvalue weighted by Gasteiger charge is 2.38. The van der Waals surface area contributed by atoms with Gasteiger partial charge in [-0.15, -0.1) is 0 Å². The van der Waals surface area contributed by atoms with Gasteiger partial charge in [-0.1, -0.05) is 16.8 Å². The van der Waals surface area contributed by atoms with Crippen LogP contribution in [0.1, 0.15) is 16.1 Å². The van der Waals surface area contributed by atoms with E-state index in [2.05, 4.69) is 5.16 Å². The summed E-state index contributed by atoms with van der Waals surface area (Å²) in [6.45, 7) is 1.32. The number of hydrogen-bond acceptors (Lipinski definition) is 11. The highest BCUT2D eigenvalue weighted by Crippen LogP contribution is 2.51. The van der Waals surface area contributed by atoms with Crippen LogP contribution in [0.15, 0.2) is 32.3 Å². The molecular formula is C19H16ClN3O9S2. The number of esters is 1. The van der Waals surface area contributed by atoms with Crippen LogP contribution in [-0.2, 0) is 14.8 Å². The Labute approximate surface area is 201 Å². The number of thiophene rings is 1. The number of amides is 2. The molecule has 34 heavy (non-hydrogen) atoms. The number of aryl methyl sites for hydroxylation is 1. The average Bonchev–Trinajstić information content (AvgIpc) is 3.56. The van der Waals surface area contributed by atoms with Crippen LogP contribution < -0.4 is 23.8 Å². The van der Waals surface area contributed by atoms with Gasteiger partial charge < -0.3 is 23.5 Å². The summed E-state index contributed by atoms with van der Waals surface area (Å²) in [5.41, 5.74) is -0.291. The van der Waals surface area contributed by atoms with Gasteiger partial charge in [-0.25, -0.2) is 27.6 Å². The minimum Gasteiger partial charge on any atom is -0.491 e. The van der Waals surface area contributed by atoms with Crippen LogP contribution in [0.2, 0.25) is 5.02 Å². The fourth-order valence-corrected chi connectivity index (χ4v) is 5.20. The molecular weight excluding hydrogens is 514 g/mol. The molecule has 0 bridgehead atoms. The second-order valence-electron chi connectivity index (χ2n) is 6.62. The summed E-state index contributed by atoms with van der Waals surface area (Å²) in [4.78, 5) is 26.7. The minimum atomic E-state index is -4.30. The van der Waals surface area contributed by atoms with Gasteiger partial charge in [-0.3, -0.25) is 0 Å². The molecule has 1 aliphatic rings. The Kier molecular flexibility index (Phi) is 6.29. The highest BCUT2D eigenvalue weighted by molar-refractivity contribution is 7.90. The Morgan fingerprint density at radius 2 is 2.06 bits per heavy atom. The highest BCUT2D eigenvalue weighted by atomic mass is 35.5. The quantitative estimate of drug-likeness (QED) is 0.471. The summed E-state index contributed by atoms with van der Waals surface area (Å²) in [6, 6.07) is 1.33. The van der Waals surface area contributed by atoms with Gasteiger partial charge in [-0.2, -0.15) is 11.3 Å². The first-order valence-electron chi connectivity index (χ1n) is 9.29. The summed E-state index contributed by atoms with van der Waals surface area (Å²) in [5, 5.41) is 6.48. The SMILES string of the molecule is COC(=O)c1cc2c(c(OC)c1N(C(=O)NS(=O)(=O)c1ccsc1)c1onc(C)c1Cl)OCO2. The molecule has 1 aromatic carbocycles. The number of hydrogen-bond donors (Lipinski definition) is 1. The molecule has 0 aliphatic carbocycles. The van der Waals surface area contributed by atoms with Crippen molar-refractivity contribution in [1.29, 1.82) is 0 Å². The molecule has 0 atom stereocenters. The van der Waals surface area contributed by atoms with E-state index in [4.69, 9.17) is 35.1 Å². The number of carbonyl (C=O) groups is 2. The monoisotopic (exact) mass is 529 g/mol. The number of fused-ring (bicyclic) bond motifs is 1. The Morgan fingerprint density at radius 1 is 1.29 bits per heavy atom. The number of methoxy groups -OCH3 is 2. The maximum absolute atomic E-state index is 13.5. The van der Waals surface area contributed by atoms with Gasteiger partial charge in [0.15, 0.2) is 11.5 Å². The molecule has 0 unspecified atom stereocenters. The van der Waals surface area contributed by atoms with E-state index in [1.807, 2.05) is 4.72 Å². The third-order valence-electron chi connectivity index (χ3n) is 4.63. The van der Waals surface area contributed by atoms with E-state index >= 15 is 0 Å². The van der Waals surface area contributed by atoms with E-state index in [0.29, 0.717) is 4.90 Å². The maximum Gasteiger partial charge on any atom is 0.343 e. The normalized spacial score (nSPS) is 12.4. The molecule has 15 heteroatoms. The fraction of sp³-hybridized carbons (Fsp3) is 0.211. The van der Waals surface area contributed by atoms with Gasteiger partial charge in [0.05, 0.1) is 24.7 Å². The Morgan fingerprint density at radius 3 is 2.65 bits per heavy atom. The summed E-state index contributed by atoms with van der Waals surface area (Å²) < 4.78 is 53.8. The molecule has 0 spiro atoms. The first-order valence-corrected chi connectivity index (χ1v) is 12.1. The van der Waals surface area contributed by atoms with Crippen LogP contribution in [0.25, 0.3) is 0 Å². The van der Waals surface area contributed by atoms with Crippen molar-refractivity contribution in [3.63, 3.8) is 0 Å². The van der Waals surface area contributed by atoms with Gasteiger partial charge in [0.25, 0.3) is 15.9 Å². The maximum atomic E-state index is 13.5. The number of carbonyl (C=O) groups excluding carboxylic acids is 2. The van der Waals surface area contributed by atoms with Crippen molar-refractivity contribution in [2.75, 3.05) is 25.9 Å². The number of nitrogens with one attached hydrogen (secondary N) is 1. The number of urea groups is 1. The number of benzene rings is 1. The van der Waals surface area contributed by atoms with Crippen LogP contribution in [0.3, 0.4) is 0 Å². The van der Waals surface area contributed by atoms with Crippen LogP contribution in [0, 0.1) is 6.92 Å². The Hall–Kier alpha value is -3.49. The summed E-state index contributed by atoms with van der Waals surface area (Å²) in [6.07, 6.45) is 0. The smallest absolute Gasteiger partial charge is 0.343 e. The van der Waals surface area contributed by atoms with E-state index in [1.54, 1.807) is 0 Å². The topological polar surface area (TPSA) is 146 Å². The van der Waals surface area contributed by atoms with E-state index < -0.39 is 22.0 Å². The molecule has 0 saturated heterocycles. The number of anilines is 2. The predicted octanol–water partition coefficient (Wildman–Crippen LogP) is 3.46. The first kappa shape index (κ1) is 23.7. The van der Waals surface area contributed by atoms with Crippen molar-refractivity contribution < 1.29 is 41.5 Å². The van der Waals surface area contributed by atoms with Crippen molar-refractivity contribution in [3.8, 4) is 17.2 Å². The number of halogens is 1. The van der Waals surface area contributed by atoms with Crippen LogP contribution >= 0.6 is 22.9 Å². The van der Waals surface area contributed by atoms with Gasteiger partial charge in [-0.05, 0) is 18.4 Å². The van der Waals surface area contributed by atoms with Gasteiger partial charge in [0.1, 0.15) is 16.4 Å². The Balaban J connectivity index is 1.96. The van der Waals surface area contributed by atoms with Crippen molar-refractivity contribution >= 4 is 56.5 Å². The second-order valence-corrected chi connectivity index (χ2v) is 9.46. The molecule has 3 aromatic rings. The van der Waals surface area contributed by atoms with Gasteiger partial charge in [0.2, 0.25) is 12.5 Å².